The van der Waals surface area contributed by atoms with Crippen LogP contribution >= 0.6 is 0 Å². The first-order valence-corrected chi connectivity index (χ1v) is 5.51. The van der Waals surface area contributed by atoms with Crippen molar-refractivity contribution >= 4 is 11.7 Å². The summed E-state index contributed by atoms with van der Waals surface area (Å²) in [7, 11) is 0. The summed E-state index contributed by atoms with van der Waals surface area (Å²) >= 11 is 0. The first kappa shape index (κ1) is 12.0. The Hall–Kier alpha value is -2.44. The lowest BCUT2D eigenvalue weighted by atomic mass is 10.2. The molecule has 94 valence electrons. The Morgan fingerprint density at radius 1 is 1.50 bits per heavy atom. The number of aryl methyl sites for hydroxylation is 1. The zero-order chi connectivity index (χ0) is 13.0. The zero-order valence-electron chi connectivity index (χ0n) is 10.00. The van der Waals surface area contributed by atoms with E-state index in [4.69, 9.17) is 5.73 Å². The van der Waals surface area contributed by atoms with Gasteiger partial charge in [0, 0.05) is 18.9 Å². The van der Waals surface area contributed by atoms with Gasteiger partial charge in [-0.15, -0.1) is 5.10 Å². The standard InChI is InChI=1S/C11H14N6O/c1-8-7-17(16-15-8)5-4-13-11(18)9-2-3-10(12)14-6-9/h2-3,6-7H,4-5H2,1H3,(H2,12,14)(H,13,18). The summed E-state index contributed by atoms with van der Waals surface area (Å²) in [6.07, 6.45) is 3.27. The molecular formula is C11H14N6O. The molecule has 1 amide bonds. The van der Waals surface area contributed by atoms with Gasteiger partial charge in [0.1, 0.15) is 5.82 Å². The Bertz CT molecular complexity index is 533. The number of pyridine rings is 1. The monoisotopic (exact) mass is 246 g/mol. The van der Waals surface area contributed by atoms with Crippen molar-refractivity contribution in [3.8, 4) is 0 Å². The van der Waals surface area contributed by atoms with Crippen LogP contribution in [0.1, 0.15) is 16.1 Å². The number of carbonyl (C=O) groups excluding carboxylic acids is 1. The van der Waals surface area contributed by atoms with Gasteiger partial charge in [-0.2, -0.15) is 0 Å². The van der Waals surface area contributed by atoms with Gasteiger partial charge in [0.2, 0.25) is 0 Å². The summed E-state index contributed by atoms with van der Waals surface area (Å²) in [5.41, 5.74) is 6.78. The van der Waals surface area contributed by atoms with E-state index in [1.54, 1.807) is 16.8 Å². The number of anilines is 1. The van der Waals surface area contributed by atoms with Crippen molar-refractivity contribution in [2.45, 2.75) is 13.5 Å². The van der Waals surface area contributed by atoms with Crippen LogP contribution in [0.4, 0.5) is 5.82 Å². The zero-order valence-corrected chi connectivity index (χ0v) is 10.00. The summed E-state index contributed by atoms with van der Waals surface area (Å²) in [5.74, 6) is 0.212. The molecule has 0 aliphatic carbocycles. The van der Waals surface area contributed by atoms with Gasteiger partial charge in [-0.05, 0) is 19.1 Å². The highest BCUT2D eigenvalue weighted by Crippen LogP contribution is 2.00. The molecule has 2 rings (SSSR count). The summed E-state index contributed by atoms with van der Waals surface area (Å²) in [4.78, 5) is 15.6. The van der Waals surface area contributed by atoms with E-state index in [0.29, 0.717) is 24.5 Å². The quantitative estimate of drug-likeness (QED) is 0.790. The Labute approximate surface area is 104 Å². The third kappa shape index (κ3) is 3.03. The number of aromatic nitrogens is 4. The van der Waals surface area contributed by atoms with E-state index in [-0.39, 0.29) is 5.91 Å². The molecule has 18 heavy (non-hydrogen) atoms. The highest BCUT2D eigenvalue weighted by atomic mass is 16.1. The molecule has 2 aromatic heterocycles. The minimum absolute atomic E-state index is 0.181. The highest BCUT2D eigenvalue weighted by molar-refractivity contribution is 5.93. The number of nitrogens with two attached hydrogens (primary N) is 1. The van der Waals surface area contributed by atoms with Crippen molar-refractivity contribution in [3.63, 3.8) is 0 Å². The number of hydrogen-bond donors (Lipinski definition) is 2. The van der Waals surface area contributed by atoms with Crippen LogP contribution in [0.3, 0.4) is 0 Å². The molecule has 7 nitrogen and oxygen atoms in total. The second-order valence-electron chi connectivity index (χ2n) is 3.85. The molecule has 3 N–H and O–H groups in total. The average molecular weight is 246 g/mol. The Kier molecular flexibility index (Phi) is 3.52. The maximum atomic E-state index is 11.7. The van der Waals surface area contributed by atoms with E-state index in [9.17, 15) is 4.79 Å². The number of rotatable bonds is 4. The highest BCUT2D eigenvalue weighted by Gasteiger charge is 2.05. The number of nitrogen functional groups attached to an aromatic ring is 1. The van der Waals surface area contributed by atoms with Crippen molar-refractivity contribution in [2.24, 2.45) is 0 Å². The smallest absolute Gasteiger partial charge is 0.252 e. The molecule has 0 bridgehead atoms. The Morgan fingerprint density at radius 2 is 2.33 bits per heavy atom. The number of hydrogen-bond acceptors (Lipinski definition) is 5. The molecular weight excluding hydrogens is 232 g/mol. The number of nitrogens with zero attached hydrogens (tertiary/aromatic N) is 4. The molecule has 0 atom stereocenters. The minimum atomic E-state index is -0.181. The maximum absolute atomic E-state index is 11.7. The Morgan fingerprint density at radius 3 is 2.94 bits per heavy atom. The third-order valence-corrected chi connectivity index (χ3v) is 2.33. The molecule has 2 aromatic rings. The van der Waals surface area contributed by atoms with Crippen molar-refractivity contribution in [2.75, 3.05) is 12.3 Å². The maximum Gasteiger partial charge on any atom is 0.252 e. The molecule has 0 aliphatic heterocycles. The van der Waals surface area contributed by atoms with E-state index < -0.39 is 0 Å². The van der Waals surface area contributed by atoms with E-state index in [1.807, 2.05) is 13.1 Å². The second-order valence-corrected chi connectivity index (χ2v) is 3.85. The van der Waals surface area contributed by atoms with Gasteiger partial charge in [0.15, 0.2) is 0 Å². The van der Waals surface area contributed by atoms with Crippen LogP contribution in [0.2, 0.25) is 0 Å². The van der Waals surface area contributed by atoms with Crippen LogP contribution in [0.15, 0.2) is 24.5 Å². The fourth-order valence-corrected chi connectivity index (χ4v) is 1.43. The Balaban J connectivity index is 1.83. The van der Waals surface area contributed by atoms with Crippen LogP contribution in [0.25, 0.3) is 0 Å². The number of nitrogens with one attached hydrogen (secondary N) is 1. The first-order valence-electron chi connectivity index (χ1n) is 5.51. The van der Waals surface area contributed by atoms with E-state index in [0.717, 1.165) is 5.69 Å². The molecule has 0 aliphatic rings. The molecule has 7 heteroatoms. The molecule has 0 unspecified atom stereocenters. The molecule has 0 saturated heterocycles. The van der Waals surface area contributed by atoms with Gasteiger partial charge in [0.05, 0.1) is 17.8 Å². The van der Waals surface area contributed by atoms with Crippen molar-refractivity contribution in [1.29, 1.82) is 0 Å². The predicted octanol–water partition coefficient (Wildman–Crippen LogP) is -0.00628. The molecule has 2 heterocycles. The lowest BCUT2D eigenvalue weighted by Crippen LogP contribution is -2.27. The molecule has 0 fully saturated rings. The van der Waals surface area contributed by atoms with Crippen LogP contribution in [-0.4, -0.2) is 32.4 Å². The van der Waals surface area contributed by atoms with Crippen LogP contribution in [-0.2, 0) is 6.54 Å². The number of amides is 1. The van der Waals surface area contributed by atoms with E-state index in [1.165, 1.54) is 6.20 Å². The topological polar surface area (TPSA) is 98.7 Å². The lowest BCUT2D eigenvalue weighted by Gasteiger charge is -2.04. The lowest BCUT2D eigenvalue weighted by molar-refractivity contribution is 0.0951. The van der Waals surface area contributed by atoms with E-state index >= 15 is 0 Å². The van der Waals surface area contributed by atoms with Gasteiger partial charge >= 0.3 is 0 Å². The summed E-state index contributed by atoms with van der Waals surface area (Å²) in [6, 6.07) is 3.23. The van der Waals surface area contributed by atoms with Gasteiger partial charge < -0.3 is 11.1 Å². The molecule has 0 aromatic carbocycles. The number of carbonyl (C=O) groups is 1. The first-order chi connectivity index (χ1) is 8.65. The average Bonchev–Trinajstić information content (AvgIpc) is 2.76. The van der Waals surface area contributed by atoms with Crippen LogP contribution < -0.4 is 11.1 Å². The van der Waals surface area contributed by atoms with Gasteiger partial charge in [-0.1, -0.05) is 5.21 Å². The molecule has 0 saturated carbocycles. The van der Waals surface area contributed by atoms with Crippen molar-refractivity contribution < 1.29 is 4.79 Å². The second kappa shape index (κ2) is 5.26. The summed E-state index contributed by atoms with van der Waals surface area (Å²) < 4.78 is 1.68. The van der Waals surface area contributed by atoms with Crippen molar-refractivity contribution in [3.05, 3.63) is 35.8 Å². The fraction of sp³-hybridized carbons (Fsp3) is 0.273. The SMILES string of the molecule is Cc1cn(CCNC(=O)c2ccc(N)nc2)nn1. The minimum Gasteiger partial charge on any atom is -0.384 e. The largest absolute Gasteiger partial charge is 0.384 e. The van der Waals surface area contributed by atoms with Gasteiger partial charge in [-0.3, -0.25) is 9.48 Å². The predicted molar refractivity (Wildman–Crippen MR) is 65.7 cm³/mol. The van der Waals surface area contributed by atoms with Crippen LogP contribution in [0, 0.1) is 6.92 Å². The third-order valence-electron chi connectivity index (χ3n) is 2.33. The van der Waals surface area contributed by atoms with Gasteiger partial charge in [-0.25, -0.2) is 4.98 Å². The summed E-state index contributed by atoms with van der Waals surface area (Å²) in [5, 5.41) is 10.5. The molecule has 0 spiro atoms. The van der Waals surface area contributed by atoms with Crippen molar-refractivity contribution in [1.82, 2.24) is 25.3 Å². The fourth-order valence-electron chi connectivity index (χ4n) is 1.43. The summed E-state index contributed by atoms with van der Waals surface area (Å²) in [6.45, 7) is 2.92. The normalized spacial score (nSPS) is 10.3. The van der Waals surface area contributed by atoms with E-state index in [2.05, 4.69) is 20.6 Å². The van der Waals surface area contributed by atoms with Gasteiger partial charge in [0.25, 0.3) is 5.91 Å². The molecule has 0 radical (unpaired) electrons. The van der Waals surface area contributed by atoms with Crippen LogP contribution in [0.5, 0.6) is 0 Å².